The van der Waals surface area contributed by atoms with Crippen molar-refractivity contribution in [2.75, 3.05) is 0 Å². The van der Waals surface area contributed by atoms with Crippen molar-refractivity contribution in [3.8, 4) is 0 Å². The maximum Gasteiger partial charge on any atom is 0.278 e. The van der Waals surface area contributed by atoms with Crippen LogP contribution in [0.1, 0.15) is 27.6 Å². The summed E-state index contributed by atoms with van der Waals surface area (Å²) in [6.07, 6.45) is 0. The van der Waals surface area contributed by atoms with E-state index in [2.05, 4.69) is 4.99 Å². The van der Waals surface area contributed by atoms with Crippen LogP contribution in [0.2, 0.25) is 0 Å². The average Bonchev–Trinajstić information content (AvgIpc) is 2.15. The Labute approximate surface area is 75.1 Å². The third kappa shape index (κ3) is 1.09. The Bertz CT molecular complexity index is 432. The van der Waals surface area contributed by atoms with Gasteiger partial charge in [-0.05, 0) is 13.0 Å². The minimum absolute atomic E-state index is 0.157. The molecule has 0 saturated carbocycles. The highest BCUT2D eigenvalue weighted by Crippen LogP contribution is 2.16. The third-order valence-electron chi connectivity index (χ3n) is 2.00. The predicted molar refractivity (Wildman–Crippen MR) is 48.2 cm³/mol. The van der Waals surface area contributed by atoms with E-state index in [0.29, 0.717) is 11.1 Å². The van der Waals surface area contributed by atoms with Gasteiger partial charge in [0.25, 0.3) is 5.91 Å². The zero-order chi connectivity index (χ0) is 9.42. The molecule has 0 spiro atoms. The van der Waals surface area contributed by atoms with E-state index in [4.69, 9.17) is 0 Å². The molecule has 0 aliphatic carbocycles. The first-order chi connectivity index (χ1) is 6.20. The summed E-state index contributed by atoms with van der Waals surface area (Å²) in [4.78, 5) is 26.4. The van der Waals surface area contributed by atoms with Gasteiger partial charge >= 0.3 is 0 Å². The Kier molecular flexibility index (Phi) is 1.59. The van der Waals surface area contributed by atoms with Crippen molar-refractivity contribution in [2.45, 2.75) is 6.92 Å². The van der Waals surface area contributed by atoms with E-state index < -0.39 is 0 Å². The van der Waals surface area contributed by atoms with E-state index in [9.17, 15) is 9.59 Å². The lowest BCUT2D eigenvalue weighted by Crippen LogP contribution is -2.21. The molecule has 1 aromatic rings. The molecule has 1 aliphatic rings. The van der Waals surface area contributed by atoms with Crippen LogP contribution in [-0.4, -0.2) is 17.4 Å². The Morgan fingerprint density at radius 3 is 2.38 bits per heavy atom. The van der Waals surface area contributed by atoms with E-state index >= 15 is 0 Å². The Balaban J connectivity index is 2.69. The third-order valence-corrected chi connectivity index (χ3v) is 2.00. The second kappa shape index (κ2) is 2.62. The Morgan fingerprint density at radius 1 is 1.08 bits per heavy atom. The van der Waals surface area contributed by atoms with Crippen molar-refractivity contribution in [3.63, 3.8) is 0 Å². The van der Waals surface area contributed by atoms with Gasteiger partial charge in [0.05, 0.1) is 11.3 Å². The molecule has 3 nitrogen and oxygen atoms in total. The fraction of sp³-hybridized carbons (Fsp3) is 0.100. The summed E-state index contributed by atoms with van der Waals surface area (Å²) >= 11 is 0. The first-order valence-corrected chi connectivity index (χ1v) is 3.93. The molecule has 0 aromatic heterocycles. The Morgan fingerprint density at radius 2 is 1.69 bits per heavy atom. The number of hydrogen-bond donors (Lipinski definition) is 0. The molecule has 13 heavy (non-hydrogen) atoms. The quantitative estimate of drug-likeness (QED) is 0.596. The van der Waals surface area contributed by atoms with Gasteiger partial charge in [-0.25, -0.2) is 4.99 Å². The highest BCUT2D eigenvalue weighted by molar-refractivity contribution is 6.49. The minimum Gasteiger partial charge on any atom is -0.287 e. The molecule has 1 aromatic carbocycles. The van der Waals surface area contributed by atoms with Crippen molar-refractivity contribution >= 4 is 17.4 Å². The van der Waals surface area contributed by atoms with Crippen molar-refractivity contribution in [1.82, 2.24) is 0 Å². The molecule has 0 N–H and O–H groups in total. The first-order valence-electron chi connectivity index (χ1n) is 3.93. The topological polar surface area (TPSA) is 46.5 Å². The fourth-order valence-corrected chi connectivity index (χ4v) is 1.33. The largest absolute Gasteiger partial charge is 0.287 e. The molecule has 0 fully saturated rings. The van der Waals surface area contributed by atoms with Gasteiger partial charge < -0.3 is 0 Å². The van der Waals surface area contributed by atoms with Crippen molar-refractivity contribution in [3.05, 3.63) is 35.4 Å². The van der Waals surface area contributed by atoms with E-state index in [1.54, 1.807) is 31.2 Å². The molecule has 0 unspecified atom stereocenters. The molecule has 1 aliphatic heterocycles. The minimum atomic E-state index is -0.326. The number of rotatable bonds is 0. The highest BCUT2D eigenvalue weighted by Gasteiger charge is 2.23. The number of ketones is 1. The van der Waals surface area contributed by atoms with Crippen LogP contribution in [0.4, 0.5) is 0 Å². The van der Waals surface area contributed by atoms with Crippen LogP contribution >= 0.6 is 0 Å². The number of benzene rings is 1. The average molecular weight is 173 g/mol. The number of Topliss-reactive ketones (excluding diaryl/α,β-unsaturated/α-hetero) is 1. The molecule has 1 heterocycles. The number of carbonyl (C=O) groups is 2. The smallest absolute Gasteiger partial charge is 0.278 e. The van der Waals surface area contributed by atoms with Crippen LogP contribution in [0, 0.1) is 0 Å². The van der Waals surface area contributed by atoms with Gasteiger partial charge in [0.15, 0.2) is 0 Å². The lowest BCUT2D eigenvalue weighted by molar-refractivity contribution is 0.0973. The number of amides is 1. The van der Waals surface area contributed by atoms with Crippen molar-refractivity contribution in [2.24, 2.45) is 4.99 Å². The maximum absolute atomic E-state index is 11.5. The fourth-order valence-electron chi connectivity index (χ4n) is 1.33. The van der Waals surface area contributed by atoms with Gasteiger partial charge in [-0.3, -0.25) is 9.59 Å². The van der Waals surface area contributed by atoms with Crippen LogP contribution in [0.3, 0.4) is 0 Å². The van der Waals surface area contributed by atoms with E-state index in [1.807, 2.05) is 0 Å². The van der Waals surface area contributed by atoms with Crippen LogP contribution in [-0.2, 0) is 0 Å². The molecular weight excluding hydrogens is 166 g/mol. The van der Waals surface area contributed by atoms with Gasteiger partial charge in [-0.1, -0.05) is 18.2 Å². The highest BCUT2D eigenvalue weighted by atomic mass is 16.2. The molecule has 64 valence electrons. The molecule has 2 rings (SSSR count). The zero-order valence-electron chi connectivity index (χ0n) is 7.07. The lowest BCUT2D eigenvalue weighted by Gasteiger charge is -2.09. The standard InChI is InChI=1S/C10H7NO2/c1-6-9(12)7-4-2-3-5-8(7)10(13)11-6/h2-5H,1H3. The Hall–Kier alpha value is -1.77. The van der Waals surface area contributed by atoms with E-state index in [0.717, 1.165) is 0 Å². The normalized spacial score (nSPS) is 15.3. The van der Waals surface area contributed by atoms with Gasteiger partial charge in [-0.15, -0.1) is 0 Å². The van der Waals surface area contributed by atoms with E-state index in [1.165, 1.54) is 0 Å². The summed E-state index contributed by atoms with van der Waals surface area (Å²) < 4.78 is 0. The van der Waals surface area contributed by atoms with Crippen LogP contribution in [0.25, 0.3) is 0 Å². The van der Waals surface area contributed by atoms with E-state index in [-0.39, 0.29) is 17.4 Å². The second-order valence-corrected chi connectivity index (χ2v) is 2.88. The molecule has 0 radical (unpaired) electrons. The summed E-state index contributed by atoms with van der Waals surface area (Å²) in [7, 11) is 0. The van der Waals surface area contributed by atoms with Gasteiger partial charge in [-0.2, -0.15) is 0 Å². The molecule has 0 bridgehead atoms. The summed E-state index contributed by atoms with van der Waals surface area (Å²) in [6, 6.07) is 6.72. The number of nitrogens with zero attached hydrogens (tertiary/aromatic N) is 1. The molecular formula is C10H7NO2. The number of hydrogen-bond acceptors (Lipinski definition) is 2. The number of aliphatic imine (C=N–C) groups is 1. The summed E-state index contributed by atoms with van der Waals surface area (Å²) in [6.45, 7) is 1.55. The monoisotopic (exact) mass is 173 g/mol. The molecule has 3 heteroatoms. The summed E-state index contributed by atoms with van der Waals surface area (Å²) in [5.41, 5.74) is 1.13. The van der Waals surface area contributed by atoms with Crippen molar-refractivity contribution in [1.29, 1.82) is 0 Å². The predicted octanol–water partition coefficient (Wildman–Crippen LogP) is 1.48. The number of carbonyl (C=O) groups excluding carboxylic acids is 2. The molecule has 0 saturated heterocycles. The SMILES string of the molecule is CC1=NC(=O)c2ccccc2C1=O. The number of fused-ring (bicyclic) bond motifs is 1. The van der Waals surface area contributed by atoms with Gasteiger partial charge in [0, 0.05) is 5.56 Å². The molecule has 0 atom stereocenters. The van der Waals surface area contributed by atoms with Gasteiger partial charge in [0.2, 0.25) is 5.78 Å². The van der Waals surface area contributed by atoms with Crippen molar-refractivity contribution < 1.29 is 9.59 Å². The summed E-state index contributed by atoms with van der Waals surface area (Å²) in [5, 5.41) is 0. The molecule has 1 amide bonds. The zero-order valence-corrected chi connectivity index (χ0v) is 7.07. The first kappa shape index (κ1) is 7.86. The maximum atomic E-state index is 11.5. The second-order valence-electron chi connectivity index (χ2n) is 2.88. The van der Waals surface area contributed by atoms with Crippen LogP contribution < -0.4 is 0 Å². The van der Waals surface area contributed by atoms with Crippen LogP contribution in [0.5, 0.6) is 0 Å². The lowest BCUT2D eigenvalue weighted by atomic mass is 9.98. The van der Waals surface area contributed by atoms with Gasteiger partial charge in [0.1, 0.15) is 0 Å². The van der Waals surface area contributed by atoms with Crippen LogP contribution in [0.15, 0.2) is 29.3 Å². The summed E-state index contributed by atoms with van der Waals surface area (Å²) in [5.74, 6) is -0.483.